The molecule has 1 amide bonds. The summed E-state index contributed by atoms with van der Waals surface area (Å²) in [6.07, 6.45) is -0.424. The van der Waals surface area contributed by atoms with E-state index >= 15 is 0 Å². The number of aromatic nitrogens is 2. The number of nitrogens with zero attached hydrogens (tertiary/aromatic N) is 2. The van der Waals surface area contributed by atoms with Gasteiger partial charge < -0.3 is 19.4 Å². The van der Waals surface area contributed by atoms with Crippen molar-refractivity contribution in [2.75, 3.05) is 20.8 Å². The summed E-state index contributed by atoms with van der Waals surface area (Å²) in [6, 6.07) is 13.6. The first-order chi connectivity index (χ1) is 12.2. The summed E-state index contributed by atoms with van der Waals surface area (Å²) in [5, 5.41) is 2.94. The minimum Gasteiger partial charge on any atom is -0.352 e. The van der Waals surface area contributed by atoms with Gasteiger partial charge in [0.1, 0.15) is 5.82 Å². The highest BCUT2D eigenvalue weighted by atomic mass is 16.7. The number of amides is 1. The molecule has 2 heterocycles. The minimum atomic E-state index is -0.424. The summed E-state index contributed by atoms with van der Waals surface area (Å²) < 4.78 is 12.8. The molecule has 1 N–H and O–H groups in total. The number of methoxy groups -OCH3 is 2. The van der Waals surface area contributed by atoms with E-state index in [4.69, 9.17) is 14.5 Å². The molecule has 0 unspecified atom stereocenters. The molecule has 0 radical (unpaired) electrons. The number of hydrogen-bond acceptors (Lipinski definition) is 4. The number of rotatable bonds is 4. The van der Waals surface area contributed by atoms with E-state index < -0.39 is 6.29 Å². The van der Waals surface area contributed by atoms with Crippen molar-refractivity contribution in [3.8, 4) is 11.4 Å². The molecular weight excluding hydrogens is 318 g/mol. The molecule has 128 valence electrons. The number of benzene rings is 2. The molecule has 4 rings (SSSR count). The third kappa shape index (κ3) is 2.59. The second-order valence-corrected chi connectivity index (χ2v) is 5.95. The zero-order chi connectivity index (χ0) is 17.4. The number of hydrogen-bond donors (Lipinski definition) is 1. The summed E-state index contributed by atoms with van der Waals surface area (Å²) in [5.74, 6) is 0.787. The van der Waals surface area contributed by atoms with E-state index in [1.54, 1.807) is 14.2 Å². The van der Waals surface area contributed by atoms with Crippen LogP contribution in [0.2, 0.25) is 0 Å². The average Bonchev–Trinajstić information content (AvgIpc) is 2.92. The molecule has 0 spiro atoms. The lowest BCUT2D eigenvalue weighted by Gasteiger charge is -2.15. The first kappa shape index (κ1) is 15.8. The smallest absolute Gasteiger partial charge is 0.253 e. The van der Waals surface area contributed by atoms with E-state index in [1.807, 2.05) is 42.5 Å². The predicted molar refractivity (Wildman–Crippen MR) is 94.3 cm³/mol. The van der Waals surface area contributed by atoms with Crippen molar-refractivity contribution in [3.63, 3.8) is 0 Å². The number of imidazole rings is 1. The van der Waals surface area contributed by atoms with Gasteiger partial charge in [-0.05, 0) is 18.2 Å². The van der Waals surface area contributed by atoms with Gasteiger partial charge in [-0.1, -0.05) is 24.3 Å². The third-order valence-electron chi connectivity index (χ3n) is 4.48. The summed E-state index contributed by atoms with van der Waals surface area (Å²) in [4.78, 5) is 17.1. The largest absolute Gasteiger partial charge is 0.352 e. The lowest BCUT2D eigenvalue weighted by atomic mass is 10.1. The molecule has 0 saturated carbocycles. The van der Waals surface area contributed by atoms with Gasteiger partial charge >= 0.3 is 0 Å². The van der Waals surface area contributed by atoms with Gasteiger partial charge in [-0.25, -0.2) is 4.98 Å². The van der Waals surface area contributed by atoms with Crippen molar-refractivity contribution >= 4 is 16.9 Å². The van der Waals surface area contributed by atoms with Crippen molar-refractivity contribution < 1.29 is 14.3 Å². The molecular formula is C19H19N3O3. The molecule has 25 heavy (non-hydrogen) atoms. The summed E-state index contributed by atoms with van der Waals surface area (Å²) in [6.45, 7) is 1.25. The van der Waals surface area contributed by atoms with Crippen LogP contribution in [0.1, 0.15) is 22.2 Å². The normalized spacial score (nSPS) is 14.0. The van der Waals surface area contributed by atoms with Crippen LogP contribution >= 0.6 is 0 Å². The SMILES string of the molecule is COC(OC)c1cccc(-c2nc3cccc4c3n2CCNC4=O)c1. The topological polar surface area (TPSA) is 65.4 Å². The zero-order valence-electron chi connectivity index (χ0n) is 14.2. The second kappa shape index (κ2) is 6.31. The third-order valence-corrected chi connectivity index (χ3v) is 4.48. The average molecular weight is 337 g/mol. The Kier molecular flexibility index (Phi) is 3.99. The van der Waals surface area contributed by atoms with E-state index in [1.165, 1.54) is 0 Å². The van der Waals surface area contributed by atoms with E-state index in [0.717, 1.165) is 28.0 Å². The van der Waals surface area contributed by atoms with E-state index in [9.17, 15) is 4.79 Å². The second-order valence-electron chi connectivity index (χ2n) is 5.95. The molecule has 0 atom stereocenters. The minimum absolute atomic E-state index is 0.0524. The Balaban J connectivity index is 1.91. The van der Waals surface area contributed by atoms with Crippen LogP contribution in [0.4, 0.5) is 0 Å². The number of nitrogens with one attached hydrogen (secondary N) is 1. The van der Waals surface area contributed by atoms with Gasteiger partial charge in [0.15, 0.2) is 6.29 Å². The maximum atomic E-state index is 12.3. The molecule has 0 fully saturated rings. The zero-order valence-corrected chi connectivity index (χ0v) is 14.2. The van der Waals surface area contributed by atoms with Crippen LogP contribution in [0.5, 0.6) is 0 Å². The van der Waals surface area contributed by atoms with Gasteiger partial charge in [0.05, 0.1) is 16.6 Å². The van der Waals surface area contributed by atoms with Crippen molar-refractivity contribution in [3.05, 3.63) is 53.6 Å². The number of para-hydroxylation sites is 1. The molecule has 3 aromatic rings. The Morgan fingerprint density at radius 3 is 2.76 bits per heavy atom. The number of carbonyl (C=O) groups is 1. The molecule has 0 saturated heterocycles. The standard InChI is InChI=1S/C19H19N3O3/c1-24-19(25-2)13-6-3-5-12(11-13)17-21-15-8-4-7-14-16(15)22(17)10-9-20-18(14)23/h3-8,11,19H,9-10H2,1-2H3,(H,20,23). The van der Waals surface area contributed by atoms with E-state index in [0.29, 0.717) is 18.7 Å². The van der Waals surface area contributed by atoms with Gasteiger partial charge in [0.2, 0.25) is 0 Å². The number of ether oxygens (including phenoxy) is 2. The van der Waals surface area contributed by atoms with Gasteiger partial charge in [-0.3, -0.25) is 4.79 Å². The molecule has 1 aliphatic heterocycles. The fourth-order valence-electron chi connectivity index (χ4n) is 3.38. The van der Waals surface area contributed by atoms with Gasteiger partial charge in [0.25, 0.3) is 5.91 Å². The Labute approximate surface area is 145 Å². The van der Waals surface area contributed by atoms with Crippen LogP contribution in [0, 0.1) is 0 Å². The quantitative estimate of drug-likeness (QED) is 0.744. The van der Waals surface area contributed by atoms with Gasteiger partial charge in [0, 0.05) is 38.4 Å². The Morgan fingerprint density at radius 1 is 1.16 bits per heavy atom. The first-order valence-corrected chi connectivity index (χ1v) is 8.16. The summed E-state index contributed by atoms with van der Waals surface area (Å²) in [7, 11) is 3.23. The lowest BCUT2D eigenvalue weighted by Crippen LogP contribution is -2.24. The van der Waals surface area contributed by atoms with Gasteiger partial charge in [-0.15, -0.1) is 0 Å². The van der Waals surface area contributed by atoms with Crippen LogP contribution in [0.15, 0.2) is 42.5 Å². The maximum absolute atomic E-state index is 12.3. The van der Waals surface area contributed by atoms with E-state index in [2.05, 4.69) is 9.88 Å². The Hall–Kier alpha value is -2.70. The molecule has 0 bridgehead atoms. The van der Waals surface area contributed by atoms with Crippen molar-refractivity contribution in [1.82, 2.24) is 14.9 Å². The molecule has 2 aromatic carbocycles. The number of carbonyl (C=O) groups excluding carboxylic acids is 1. The summed E-state index contributed by atoms with van der Waals surface area (Å²) >= 11 is 0. The molecule has 6 heteroatoms. The monoisotopic (exact) mass is 337 g/mol. The molecule has 0 aliphatic carbocycles. The van der Waals surface area contributed by atoms with Crippen molar-refractivity contribution in [1.29, 1.82) is 0 Å². The maximum Gasteiger partial charge on any atom is 0.253 e. The highest BCUT2D eigenvalue weighted by Crippen LogP contribution is 2.30. The fourth-order valence-corrected chi connectivity index (χ4v) is 3.38. The molecule has 1 aromatic heterocycles. The lowest BCUT2D eigenvalue weighted by molar-refractivity contribution is -0.105. The van der Waals surface area contributed by atoms with E-state index in [-0.39, 0.29) is 5.91 Å². The first-order valence-electron chi connectivity index (χ1n) is 8.16. The predicted octanol–water partition coefficient (Wildman–Crippen LogP) is 2.74. The Bertz CT molecular complexity index is 944. The van der Waals surface area contributed by atoms with Crippen LogP contribution in [0.3, 0.4) is 0 Å². The van der Waals surface area contributed by atoms with Crippen LogP contribution in [-0.2, 0) is 16.0 Å². The molecule has 1 aliphatic rings. The van der Waals surface area contributed by atoms with Gasteiger partial charge in [-0.2, -0.15) is 0 Å². The van der Waals surface area contributed by atoms with Crippen molar-refractivity contribution in [2.24, 2.45) is 0 Å². The highest BCUT2D eigenvalue weighted by molar-refractivity contribution is 6.06. The van der Waals surface area contributed by atoms with Crippen LogP contribution in [0.25, 0.3) is 22.4 Å². The summed E-state index contributed by atoms with van der Waals surface area (Å²) in [5.41, 5.74) is 4.26. The van der Waals surface area contributed by atoms with Crippen LogP contribution in [-0.4, -0.2) is 36.2 Å². The fraction of sp³-hybridized carbons (Fsp3) is 0.263. The molecule has 6 nitrogen and oxygen atoms in total. The Morgan fingerprint density at radius 2 is 1.96 bits per heavy atom. The van der Waals surface area contributed by atoms with Crippen LogP contribution < -0.4 is 5.32 Å². The highest BCUT2D eigenvalue weighted by Gasteiger charge is 2.22. The van der Waals surface area contributed by atoms with Crippen molar-refractivity contribution in [2.45, 2.75) is 12.8 Å².